The van der Waals surface area contributed by atoms with Gasteiger partial charge in [0.15, 0.2) is 0 Å². The molecule has 1 aromatic heterocycles. The minimum absolute atomic E-state index is 0.219. The van der Waals surface area contributed by atoms with E-state index in [1.807, 2.05) is 29.7 Å². The number of carboxylic acid groups (broad SMARTS) is 1. The van der Waals surface area contributed by atoms with Crippen LogP contribution in [0.5, 0.6) is 0 Å². The number of unbranched alkanes of at least 4 members (excludes halogenated alkanes) is 1. The van der Waals surface area contributed by atoms with E-state index in [0.29, 0.717) is 18.8 Å². The van der Waals surface area contributed by atoms with E-state index in [2.05, 4.69) is 43.8 Å². The van der Waals surface area contributed by atoms with Crippen LogP contribution in [0, 0.1) is 6.92 Å². The summed E-state index contributed by atoms with van der Waals surface area (Å²) in [5.41, 5.74) is 2.91. The van der Waals surface area contributed by atoms with E-state index in [9.17, 15) is 9.59 Å². The van der Waals surface area contributed by atoms with Gasteiger partial charge in [-0.1, -0.05) is 74.2 Å². The number of imidazole rings is 1. The second-order valence-electron chi connectivity index (χ2n) is 7.45. The number of amides is 1. The van der Waals surface area contributed by atoms with Crippen molar-refractivity contribution in [2.45, 2.75) is 46.6 Å². The molecule has 0 saturated heterocycles. The lowest BCUT2D eigenvalue weighted by Gasteiger charge is -2.10. The minimum Gasteiger partial charge on any atom is -0.478 e. The first-order chi connectivity index (χ1) is 15.3. The zero-order valence-corrected chi connectivity index (χ0v) is 19.8. The van der Waals surface area contributed by atoms with Crippen molar-refractivity contribution in [1.82, 2.24) is 13.9 Å². The fraction of sp³-hybridized carbons (Fsp3) is 0.320. The van der Waals surface area contributed by atoms with E-state index in [4.69, 9.17) is 5.11 Å². The third-order valence-corrected chi connectivity index (χ3v) is 5.32. The molecule has 32 heavy (non-hydrogen) atoms. The predicted molar refractivity (Wildman–Crippen MR) is 130 cm³/mol. The number of hydrogen-bond acceptors (Lipinski definition) is 4. The Hall–Kier alpha value is -3.06. The zero-order valence-electron chi connectivity index (χ0n) is 18.9. The number of hydrogen-bond donors (Lipinski definition) is 2. The van der Waals surface area contributed by atoms with Crippen LogP contribution >= 0.6 is 12.8 Å². The maximum Gasteiger partial charge on any atom is 0.335 e. The van der Waals surface area contributed by atoms with Gasteiger partial charge < -0.3 is 9.67 Å². The van der Waals surface area contributed by atoms with Crippen LogP contribution in [0.1, 0.15) is 64.5 Å². The molecule has 3 aromatic rings. The molecule has 0 atom stereocenters. The number of carbonyl (C=O) groups excluding carboxylic acids is 1. The van der Waals surface area contributed by atoms with E-state index in [1.54, 1.807) is 30.5 Å². The highest BCUT2D eigenvalue weighted by molar-refractivity contribution is 7.78. The second-order valence-corrected chi connectivity index (χ2v) is 7.93. The average molecular weight is 454 g/mol. The largest absolute Gasteiger partial charge is 0.478 e. The molecule has 3 rings (SSSR count). The summed E-state index contributed by atoms with van der Waals surface area (Å²) in [5, 5.41) is 8.98. The van der Waals surface area contributed by atoms with Crippen molar-refractivity contribution in [3.05, 3.63) is 89.0 Å². The number of carbonyl (C=O) groups is 2. The smallest absolute Gasteiger partial charge is 0.335 e. The molecule has 7 heteroatoms. The van der Waals surface area contributed by atoms with Crippen LogP contribution in [0.15, 0.2) is 60.8 Å². The molecule has 0 bridgehead atoms. The number of rotatable bonds is 8. The van der Waals surface area contributed by atoms with Crippen LogP contribution in [0.25, 0.3) is 0 Å². The van der Waals surface area contributed by atoms with Crippen molar-refractivity contribution in [3.8, 4) is 0 Å². The van der Waals surface area contributed by atoms with Crippen LogP contribution in [-0.2, 0) is 13.0 Å². The van der Waals surface area contributed by atoms with Crippen molar-refractivity contribution in [3.63, 3.8) is 0 Å². The van der Waals surface area contributed by atoms with Gasteiger partial charge in [0.25, 0.3) is 5.91 Å². The third kappa shape index (κ3) is 7.57. The summed E-state index contributed by atoms with van der Waals surface area (Å²) >= 11 is 4.16. The van der Waals surface area contributed by atoms with Crippen LogP contribution in [0.4, 0.5) is 0 Å². The maximum absolute atomic E-state index is 12.3. The zero-order chi connectivity index (χ0) is 23.5. The third-order valence-electron chi connectivity index (χ3n) is 4.86. The van der Waals surface area contributed by atoms with Crippen LogP contribution < -0.4 is 0 Å². The highest BCUT2D eigenvalue weighted by Crippen LogP contribution is 2.14. The molecule has 0 saturated carbocycles. The van der Waals surface area contributed by atoms with Gasteiger partial charge in [-0.2, -0.15) is 0 Å². The summed E-state index contributed by atoms with van der Waals surface area (Å²) in [6.07, 6.45) is 4.56. The van der Waals surface area contributed by atoms with E-state index in [-0.39, 0.29) is 11.5 Å². The molecular weight excluding hydrogens is 422 g/mol. The summed E-state index contributed by atoms with van der Waals surface area (Å²) in [7, 11) is 0. The Morgan fingerprint density at radius 2 is 1.72 bits per heavy atom. The van der Waals surface area contributed by atoms with Gasteiger partial charge in [0, 0.05) is 25.7 Å². The van der Waals surface area contributed by atoms with Gasteiger partial charge in [-0.25, -0.2) is 9.78 Å². The van der Waals surface area contributed by atoms with Gasteiger partial charge in [0.05, 0.1) is 5.56 Å². The summed E-state index contributed by atoms with van der Waals surface area (Å²) < 4.78 is 3.29. The van der Waals surface area contributed by atoms with Crippen molar-refractivity contribution < 1.29 is 14.7 Å². The lowest BCUT2D eigenvalue weighted by Crippen LogP contribution is -2.21. The molecule has 0 aliphatic carbocycles. The summed E-state index contributed by atoms with van der Waals surface area (Å²) in [6.45, 7) is 7.08. The van der Waals surface area contributed by atoms with Crippen molar-refractivity contribution in [1.29, 1.82) is 0 Å². The van der Waals surface area contributed by atoms with Crippen LogP contribution in [-0.4, -0.2) is 37.4 Å². The SMILES string of the molecule is CCCCc1nc(C(=O)N(S)CC)cn1Cc1ccc(C(=O)O)cc1.Cc1ccccc1. The molecule has 1 heterocycles. The average Bonchev–Trinajstić information content (AvgIpc) is 3.20. The van der Waals surface area contributed by atoms with Gasteiger partial charge in [0.2, 0.25) is 0 Å². The highest BCUT2D eigenvalue weighted by atomic mass is 32.1. The van der Waals surface area contributed by atoms with E-state index in [1.165, 1.54) is 9.87 Å². The van der Waals surface area contributed by atoms with Gasteiger partial charge in [-0.15, -0.1) is 0 Å². The molecule has 0 fully saturated rings. The first-order valence-electron chi connectivity index (χ1n) is 10.8. The second kappa shape index (κ2) is 12.7. The van der Waals surface area contributed by atoms with E-state index < -0.39 is 5.97 Å². The molecule has 170 valence electrons. The fourth-order valence-corrected chi connectivity index (χ4v) is 3.09. The van der Waals surface area contributed by atoms with Gasteiger partial charge in [-0.05, 0) is 38.0 Å². The lowest BCUT2D eigenvalue weighted by atomic mass is 10.1. The Bertz CT molecular complexity index is 1000. The van der Waals surface area contributed by atoms with Crippen molar-refractivity contribution in [2.24, 2.45) is 0 Å². The van der Waals surface area contributed by atoms with Crippen molar-refractivity contribution >= 4 is 24.7 Å². The molecule has 0 aliphatic rings. The monoisotopic (exact) mass is 453 g/mol. The molecule has 2 aromatic carbocycles. The van der Waals surface area contributed by atoms with Crippen LogP contribution in [0.2, 0.25) is 0 Å². The molecule has 6 nitrogen and oxygen atoms in total. The molecule has 0 unspecified atom stereocenters. The van der Waals surface area contributed by atoms with Gasteiger partial charge in [-0.3, -0.25) is 9.10 Å². The van der Waals surface area contributed by atoms with Gasteiger partial charge >= 0.3 is 5.97 Å². The number of benzene rings is 2. The van der Waals surface area contributed by atoms with E-state index in [0.717, 1.165) is 30.7 Å². The molecule has 0 spiro atoms. The Labute approximate surface area is 195 Å². The minimum atomic E-state index is -0.945. The van der Waals surface area contributed by atoms with E-state index >= 15 is 0 Å². The number of thiol groups is 1. The Morgan fingerprint density at radius 3 is 2.22 bits per heavy atom. The van der Waals surface area contributed by atoms with Crippen molar-refractivity contribution in [2.75, 3.05) is 6.54 Å². The molecule has 0 radical (unpaired) electrons. The maximum atomic E-state index is 12.3. The standard InChI is InChI=1S/C18H23N3O3S.C7H8/c1-3-5-6-16-19-15(17(22)21(25)4-2)12-20(16)11-13-7-9-14(10-8-13)18(23)24;1-7-5-3-2-4-6-7/h7-10,12,25H,3-6,11H2,1-2H3,(H,23,24);2-6H,1H3. The van der Waals surface area contributed by atoms with Crippen LogP contribution in [0.3, 0.4) is 0 Å². The molecule has 0 aliphatic heterocycles. The number of aromatic carboxylic acids is 1. The summed E-state index contributed by atoms with van der Waals surface area (Å²) in [4.78, 5) is 27.7. The lowest BCUT2D eigenvalue weighted by molar-refractivity contribution is 0.0696. The first-order valence-corrected chi connectivity index (χ1v) is 11.2. The Balaban J connectivity index is 0.000000439. The molecule has 1 amide bonds. The Kier molecular flexibility index (Phi) is 10.0. The fourth-order valence-electron chi connectivity index (χ4n) is 2.99. The topological polar surface area (TPSA) is 75.4 Å². The van der Waals surface area contributed by atoms with Gasteiger partial charge in [0.1, 0.15) is 11.5 Å². The highest BCUT2D eigenvalue weighted by Gasteiger charge is 2.17. The normalized spacial score (nSPS) is 10.2. The first kappa shape index (κ1) is 25.2. The summed E-state index contributed by atoms with van der Waals surface area (Å²) in [6, 6.07) is 17.0. The number of carboxylic acids is 1. The molecular formula is C25H31N3O3S. The Morgan fingerprint density at radius 1 is 1.06 bits per heavy atom. The quantitative estimate of drug-likeness (QED) is 0.455. The number of nitrogens with zero attached hydrogens (tertiary/aromatic N) is 3. The number of aryl methyl sites for hydroxylation is 2. The summed E-state index contributed by atoms with van der Waals surface area (Å²) in [5.74, 6) is -0.312. The molecule has 1 N–H and O–H groups in total. The predicted octanol–water partition coefficient (Wildman–Crippen LogP) is 5.27. The number of aromatic nitrogens is 2.